The Bertz CT molecular complexity index is 698. The minimum Gasteiger partial charge on any atom is -0.503 e. The number of benzene rings is 1. The highest BCUT2D eigenvalue weighted by Crippen LogP contribution is 2.12. The standard InChI is InChI=1S/C17H21FN2O3/c1-2-19(7-8-21)11-15-9-16(22)17(23)12-20(15)10-13-3-5-14(18)6-4-13/h3-6,9,12,21,23H,2,7-8,10-11H2,1H3. The average molecular weight is 320 g/mol. The fourth-order valence-electron chi connectivity index (χ4n) is 2.39. The number of likely N-dealkylation sites (N-methyl/N-ethyl adjacent to an activating group) is 1. The Morgan fingerprint density at radius 2 is 1.96 bits per heavy atom. The first kappa shape index (κ1) is 17.2. The van der Waals surface area contributed by atoms with Crippen LogP contribution >= 0.6 is 0 Å². The number of pyridine rings is 1. The van der Waals surface area contributed by atoms with Gasteiger partial charge in [0.1, 0.15) is 5.82 Å². The van der Waals surface area contributed by atoms with Crippen molar-refractivity contribution < 1.29 is 14.6 Å². The molecule has 6 heteroatoms. The number of halogens is 1. The zero-order valence-corrected chi connectivity index (χ0v) is 13.1. The molecule has 1 heterocycles. The zero-order valence-electron chi connectivity index (χ0n) is 13.1. The number of aromatic hydroxyl groups is 1. The number of aromatic nitrogens is 1. The number of hydrogen-bond acceptors (Lipinski definition) is 4. The lowest BCUT2D eigenvalue weighted by atomic mass is 10.2. The summed E-state index contributed by atoms with van der Waals surface area (Å²) in [5.41, 5.74) is 1.16. The molecule has 0 saturated heterocycles. The molecule has 0 spiro atoms. The SMILES string of the molecule is CCN(CCO)Cc1cc(=O)c(O)cn1Cc1ccc(F)cc1. The molecule has 2 aromatic rings. The fourth-order valence-corrected chi connectivity index (χ4v) is 2.39. The van der Waals surface area contributed by atoms with Gasteiger partial charge in [-0.3, -0.25) is 9.69 Å². The summed E-state index contributed by atoms with van der Waals surface area (Å²) in [5, 5.41) is 18.8. The fraction of sp³-hybridized carbons (Fsp3) is 0.353. The van der Waals surface area contributed by atoms with Crippen molar-refractivity contribution in [1.82, 2.24) is 9.47 Å². The minimum atomic E-state index is -0.435. The van der Waals surface area contributed by atoms with Gasteiger partial charge < -0.3 is 14.8 Å². The van der Waals surface area contributed by atoms with Crippen molar-refractivity contribution in [3.63, 3.8) is 0 Å². The molecule has 0 unspecified atom stereocenters. The van der Waals surface area contributed by atoms with Gasteiger partial charge in [0.2, 0.25) is 5.43 Å². The van der Waals surface area contributed by atoms with E-state index in [0.29, 0.717) is 19.6 Å². The minimum absolute atomic E-state index is 0.0358. The van der Waals surface area contributed by atoms with Gasteiger partial charge in [0.05, 0.1) is 12.8 Å². The van der Waals surface area contributed by atoms with Crippen LogP contribution in [0.2, 0.25) is 0 Å². The molecule has 0 atom stereocenters. The van der Waals surface area contributed by atoms with Crippen molar-refractivity contribution in [2.75, 3.05) is 19.7 Å². The summed E-state index contributed by atoms with van der Waals surface area (Å²) in [6.07, 6.45) is 1.40. The van der Waals surface area contributed by atoms with E-state index >= 15 is 0 Å². The van der Waals surface area contributed by atoms with Crippen LogP contribution in [0.1, 0.15) is 18.2 Å². The molecule has 124 valence electrons. The first-order valence-corrected chi connectivity index (χ1v) is 7.53. The van der Waals surface area contributed by atoms with Crippen LogP contribution in [-0.4, -0.2) is 39.4 Å². The van der Waals surface area contributed by atoms with Gasteiger partial charge in [-0.25, -0.2) is 4.39 Å². The molecule has 0 aliphatic carbocycles. The summed E-state index contributed by atoms with van der Waals surface area (Å²) in [5.74, 6) is -0.627. The molecule has 2 N–H and O–H groups in total. The number of hydrogen-bond donors (Lipinski definition) is 2. The van der Waals surface area contributed by atoms with Crippen LogP contribution in [0.4, 0.5) is 4.39 Å². The topological polar surface area (TPSA) is 65.7 Å². The van der Waals surface area contributed by atoms with E-state index < -0.39 is 5.43 Å². The van der Waals surface area contributed by atoms with Crippen molar-refractivity contribution in [2.45, 2.75) is 20.0 Å². The van der Waals surface area contributed by atoms with E-state index in [4.69, 9.17) is 5.11 Å². The summed E-state index contributed by atoms with van der Waals surface area (Å²) in [4.78, 5) is 13.7. The van der Waals surface area contributed by atoms with E-state index in [1.165, 1.54) is 24.4 Å². The second kappa shape index (κ2) is 7.89. The molecule has 0 saturated carbocycles. The van der Waals surface area contributed by atoms with Gasteiger partial charge in [0.25, 0.3) is 0 Å². The molecule has 0 bridgehead atoms. The van der Waals surface area contributed by atoms with Crippen molar-refractivity contribution in [2.24, 2.45) is 0 Å². The molecule has 1 aromatic heterocycles. The highest BCUT2D eigenvalue weighted by Gasteiger charge is 2.10. The second-order valence-electron chi connectivity index (χ2n) is 5.36. The molecule has 23 heavy (non-hydrogen) atoms. The largest absolute Gasteiger partial charge is 0.503 e. The van der Waals surface area contributed by atoms with Crippen LogP contribution in [0, 0.1) is 5.82 Å². The Morgan fingerprint density at radius 1 is 1.26 bits per heavy atom. The normalized spacial score (nSPS) is 11.1. The molecule has 2 rings (SSSR count). The van der Waals surface area contributed by atoms with Crippen molar-refractivity contribution in [3.05, 3.63) is 63.8 Å². The molecule has 0 aliphatic heterocycles. The molecule has 0 aliphatic rings. The van der Waals surface area contributed by atoms with Crippen LogP contribution in [0.3, 0.4) is 0 Å². The maximum Gasteiger partial charge on any atom is 0.223 e. The predicted octanol–water partition coefficient (Wildman–Crippen LogP) is 1.56. The quantitative estimate of drug-likeness (QED) is 0.812. The van der Waals surface area contributed by atoms with E-state index in [2.05, 4.69) is 0 Å². The van der Waals surface area contributed by atoms with E-state index in [1.54, 1.807) is 16.7 Å². The summed E-state index contributed by atoms with van der Waals surface area (Å²) in [6.45, 7) is 4.13. The van der Waals surface area contributed by atoms with Crippen molar-refractivity contribution in [1.29, 1.82) is 0 Å². The number of aliphatic hydroxyl groups is 1. The Kier molecular flexibility index (Phi) is 5.90. The Labute approximate surface area is 134 Å². The summed E-state index contributed by atoms with van der Waals surface area (Å²) in [6, 6.07) is 7.49. The summed E-state index contributed by atoms with van der Waals surface area (Å²) >= 11 is 0. The van der Waals surface area contributed by atoms with Gasteiger partial charge in [0, 0.05) is 31.4 Å². The van der Waals surface area contributed by atoms with Crippen LogP contribution < -0.4 is 5.43 Å². The number of nitrogens with zero attached hydrogens (tertiary/aromatic N) is 2. The summed E-state index contributed by atoms with van der Waals surface area (Å²) < 4.78 is 14.8. The predicted molar refractivity (Wildman–Crippen MR) is 85.9 cm³/mol. The molecular weight excluding hydrogens is 299 g/mol. The molecular formula is C17H21FN2O3. The molecule has 0 amide bonds. The third kappa shape index (κ3) is 4.64. The Balaban J connectivity index is 2.31. The maximum atomic E-state index is 13.0. The van der Waals surface area contributed by atoms with Crippen LogP contribution in [-0.2, 0) is 13.1 Å². The monoisotopic (exact) mass is 320 g/mol. The molecule has 5 nitrogen and oxygen atoms in total. The first-order chi connectivity index (χ1) is 11.0. The lowest BCUT2D eigenvalue weighted by Gasteiger charge is -2.22. The van der Waals surface area contributed by atoms with Crippen LogP contribution in [0.15, 0.2) is 41.3 Å². The first-order valence-electron chi connectivity index (χ1n) is 7.53. The van der Waals surface area contributed by atoms with E-state index in [0.717, 1.165) is 17.8 Å². The smallest absolute Gasteiger partial charge is 0.223 e. The van der Waals surface area contributed by atoms with Gasteiger partial charge in [-0.05, 0) is 24.2 Å². The van der Waals surface area contributed by atoms with Crippen LogP contribution in [0.25, 0.3) is 0 Å². The van der Waals surface area contributed by atoms with Gasteiger partial charge in [-0.15, -0.1) is 0 Å². The number of aliphatic hydroxyl groups excluding tert-OH is 1. The molecule has 1 aromatic carbocycles. The molecule has 0 fully saturated rings. The van der Waals surface area contributed by atoms with E-state index in [1.807, 2.05) is 11.8 Å². The highest BCUT2D eigenvalue weighted by molar-refractivity contribution is 5.23. The van der Waals surface area contributed by atoms with Gasteiger partial charge in [-0.1, -0.05) is 19.1 Å². The van der Waals surface area contributed by atoms with Gasteiger partial charge in [-0.2, -0.15) is 0 Å². The van der Waals surface area contributed by atoms with E-state index in [-0.39, 0.29) is 18.2 Å². The third-order valence-electron chi connectivity index (χ3n) is 3.71. The van der Waals surface area contributed by atoms with Gasteiger partial charge >= 0.3 is 0 Å². The highest BCUT2D eigenvalue weighted by atomic mass is 19.1. The Morgan fingerprint density at radius 3 is 2.57 bits per heavy atom. The Hall–Kier alpha value is -2.18. The van der Waals surface area contributed by atoms with Crippen molar-refractivity contribution >= 4 is 0 Å². The summed E-state index contributed by atoms with van der Waals surface area (Å²) in [7, 11) is 0. The lowest BCUT2D eigenvalue weighted by Crippen LogP contribution is -2.28. The van der Waals surface area contributed by atoms with Crippen LogP contribution in [0.5, 0.6) is 5.75 Å². The second-order valence-corrected chi connectivity index (χ2v) is 5.36. The van der Waals surface area contributed by atoms with Gasteiger partial charge in [0.15, 0.2) is 5.75 Å². The average Bonchev–Trinajstić information content (AvgIpc) is 2.53. The van der Waals surface area contributed by atoms with Crippen molar-refractivity contribution in [3.8, 4) is 5.75 Å². The number of rotatable bonds is 7. The zero-order chi connectivity index (χ0) is 16.8. The maximum absolute atomic E-state index is 13.0. The lowest BCUT2D eigenvalue weighted by molar-refractivity contribution is 0.193. The van der Waals surface area contributed by atoms with E-state index in [9.17, 15) is 14.3 Å². The molecule has 0 radical (unpaired) electrons. The third-order valence-corrected chi connectivity index (χ3v) is 3.71.